The van der Waals surface area contributed by atoms with Crippen LogP contribution in [0, 0.1) is 0 Å². The van der Waals surface area contributed by atoms with E-state index in [2.05, 4.69) is 5.32 Å². The Balaban J connectivity index is 1.57. The van der Waals surface area contributed by atoms with E-state index in [1.54, 1.807) is 30.3 Å². The fraction of sp³-hybridized carbons (Fsp3) is 0.368. The van der Waals surface area contributed by atoms with Gasteiger partial charge in [0, 0.05) is 17.2 Å². The fourth-order valence-electron chi connectivity index (χ4n) is 3.56. The van der Waals surface area contributed by atoms with E-state index in [1.165, 1.54) is 32.1 Å². The van der Waals surface area contributed by atoms with Gasteiger partial charge >= 0.3 is 0 Å². The number of furan rings is 1. The molecule has 1 aromatic carbocycles. The van der Waals surface area contributed by atoms with Crippen molar-refractivity contribution in [2.45, 2.75) is 44.7 Å². The van der Waals surface area contributed by atoms with Crippen molar-refractivity contribution in [1.82, 2.24) is 5.32 Å². The summed E-state index contributed by atoms with van der Waals surface area (Å²) in [6.07, 6.45) is 6.21. The number of hydrogen-bond donors (Lipinski definition) is 1. The standard InChI is InChI=1S/C19H19NO3/c21-17-14-8-4-5-9-15(14)18(22)19-16(17)10-13(23-19)11-20-12-6-2-1-3-7-12/h4-5,8-10,12,20H,1-3,6-7,11H2. The van der Waals surface area contributed by atoms with Crippen LogP contribution < -0.4 is 5.32 Å². The van der Waals surface area contributed by atoms with Crippen LogP contribution in [0.4, 0.5) is 0 Å². The molecule has 1 aromatic heterocycles. The molecule has 2 aromatic rings. The summed E-state index contributed by atoms with van der Waals surface area (Å²) >= 11 is 0. The van der Waals surface area contributed by atoms with Crippen molar-refractivity contribution < 1.29 is 14.0 Å². The van der Waals surface area contributed by atoms with E-state index in [-0.39, 0.29) is 17.3 Å². The highest BCUT2D eigenvalue weighted by Gasteiger charge is 2.33. The molecule has 4 heteroatoms. The Bertz CT molecular complexity index is 716. The van der Waals surface area contributed by atoms with Crippen LogP contribution in [0.3, 0.4) is 0 Å². The SMILES string of the molecule is O=C1c2ccccc2C(=O)c2oc(CNC3CCCCC3)cc21. The Kier molecular flexibility index (Phi) is 3.62. The molecule has 2 aliphatic rings. The van der Waals surface area contributed by atoms with Crippen LogP contribution >= 0.6 is 0 Å². The maximum atomic E-state index is 12.5. The fourth-order valence-corrected chi connectivity index (χ4v) is 3.56. The number of rotatable bonds is 3. The van der Waals surface area contributed by atoms with Crippen molar-refractivity contribution in [3.8, 4) is 0 Å². The third-order valence-electron chi connectivity index (χ3n) is 4.82. The molecule has 0 unspecified atom stereocenters. The average molecular weight is 309 g/mol. The summed E-state index contributed by atoms with van der Waals surface area (Å²) in [6, 6.07) is 9.16. The molecule has 1 saturated carbocycles. The molecular weight excluding hydrogens is 290 g/mol. The lowest BCUT2D eigenvalue weighted by Crippen LogP contribution is -2.30. The van der Waals surface area contributed by atoms with E-state index in [1.807, 2.05) is 0 Å². The van der Waals surface area contributed by atoms with Gasteiger partial charge in [0.25, 0.3) is 0 Å². The highest BCUT2D eigenvalue weighted by atomic mass is 16.4. The first-order valence-electron chi connectivity index (χ1n) is 8.28. The monoisotopic (exact) mass is 309 g/mol. The van der Waals surface area contributed by atoms with Crippen LogP contribution in [0.1, 0.15) is 69.9 Å². The Morgan fingerprint density at radius 3 is 2.39 bits per heavy atom. The molecule has 0 radical (unpaired) electrons. The topological polar surface area (TPSA) is 59.3 Å². The molecule has 0 atom stereocenters. The highest BCUT2D eigenvalue weighted by Crippen LogP contribution is 2.29. The molecule has 4 nitrogen and oxygen atoms in total. The van der Waals surface area contributed by atoms with Crippen molar-refractivity contribution in [3.63, 3.8) is 0 Å². The molecule has 1 fully saturated rings. The lowest BCUT2D eigenvalue weighted by molar-refractivity contribution is 0.0959. The minimum Gasteiger partial charge on any atom is -0.455 e. The minimum atomic E-state index is -0.195. The van der Waals surface area contributed by atoms with Gasteiger partial charge in [-0.25, -0.2) is 0 Å². The van der Waals surface area contributed by atoms with Gasteiger partial charge in [0.1, 0.15) is 5.76 Å². The Morgan fingerprint density at radius 1 is 0.957 bits per heavy atom. The zero-order chi connectivity index (χ0) is 15.8. The van der Waals surface area contributed by atoms with Gasteiger partial charge in [-0.1, -0.05) is 43.5 Å². The maximum Gasteiger partial charge on any atom is 0.229 e. The summed E-state index contributed by atoms with van der Waals surface area (Å²) < 4.78 is 5.70. The zero-order valence-electron chi connectivity index (χ0n) is 12.9. The molecule has 0 amide bonds. The smallest absolute Gasteiger partial charge is 0.229 e. The Morgan fingerprint density at radius 2 is 1.65 bits per heavy atom. The van der Waals surface area contributed by atoms with Gasteiger partial charge in [0.2, 0.25) is 5.78 Å². The van der Waals surface area contributed by atoms with E-state index in [9.17, 15) is 9.59 Å². The summed E-state index contributed by atoms with van der Waals surface area (Å²) in [5.41, 5.74) is 1.30. The van der Waals surface area contributed by atoms with Crippen molar-refractivity contribution in [3.05, 3.63) is 58.5 Å². The number of benzene rings is 1. The normalized spacial score (nSPS) is 17.9. The largest absolute Gasteiger partial charge is 0.455 e. The van der Waals surface area contributed by atoms with Crippen LogP contribution in [0.15, 0.2) is 34.7 Å². The molecule has 1 heterocycles. The Labute approximate surface area is 134 Å². The highest BCUT2D eigenvalue weighted by molar-refractivity contribution is 6.27. The molecule has 118 valence electrons. The van der Waals surface area contributed by atoms with Gasteiger partial charge in [0.05, 0.1) is 12.1 Å². The summed E-state index contributed by atoms with van der Waals surface area (Å²) in [5.74, 6) is 0.534. The van der Waals surface area contributed by atoms with Crippen LogP contribution in [-0.4, -0.2) is 17.6 Å². The zero-order valence-corrected chi connectivity index (χ0v) is 12.9. The minimum absolute atomic E-state index is 0.122. The van der Waals surface area contributed by atoms with Crippen molar-refractivity contribution in [2.75, 3.05) is 0 Å². The second-order valence-electron chi connectivity index (χ2n) is 6.38. The third kappa shape index (κ3) is 2.53. The first-order chi connectivity index (χ1) is 11.2. The van der Waals surface area contributed by atoms with Crippen LogP contribution in [0.5, 0.6) is 0 Å². The molecule has 0 aliphatic heterocycles. The number of hydrogen-bond acceptors (Lipinski definition) is 4. The summed E-state index contributed by atoms with van der Waals surface area (Å²) in [5, 5.41) is 3.48. The maximum absolute atomic E-state index is 12.5. The van der Waals surface area contributed by atoms with Crippen molar-refractivity contribution >= 4 is 11.6 Å². The first-order valence-corrected chi connectivity index (χ1v) is 8.28. The summed E-state index contributed by atoms with van der Waals surface area (Å²) in [6.45, 7) is 0.564. The summed E-state index contributed by atoms with van der Waals surface area (Å²) in [4.78, 5) is 25.0. The van der Waals surface area contributed by atoms with E-state index >= 15 is 0 Å². The van der Waals surface area contributed by atoms with E-state index in [0.717, 1.165) is 0 Å². The molecular formula is C19H19NO3. The predicted octanol–water partition coefficient (Wildman–Crippen LogP) is 3.48. The number of nitrogens with one attached hydrogen (secondary N) is 1. The molecule has 23 heavy (non-hydrogen) atoms. The van der Waals surface area contributed by atoms with E-state index in [0.29, 0.717) is 35.0 Å². The van der Waals surface area contributed by atoms with Crippen molar-refractivity contribution in [1.29, 1.82) is 0 Å². The Hall–Kier alpha value is -2.20. The second kappa shape index (κ2) is 5.78. The van der Waals surface area contributed by atoms with Crippen LogP contribution in [-0.2, 0) is 6.54 Å². The van der Waals surface area contributed by atoms with Gasteiger partial charge < -0.3 is 9.73 Å². The predicted molar refractivity (Wildman–Crippen MR) is 85.7 cm³/mol. The van der Waals surface area contributed by atoms with Gasteiger partial charge in [-0.2, -0.15) is 0 Å². The molecule has 2 aliphatic carbocycles. The van der Waals surface area contributed by atoms with Gasteiger partial charge in [-0.3, -0.25) is 9.59 Å². The van der Waals surface area contributed by atoms with Crippen molar-refractivity contribution in [2.24, 2.45) is 0 Å². The number of carbonyl (C=O) groups is 2. The number of ketones is 2. The molecule has 0 bridgehead atoms. The molecule has 0 spiro atoms. The number of fused-ring (bicyclic) bond motifs is 2. The van der Waals surface area contributed by atoms with Gasteiger partial charge in [-0.15, -0.1) is 0 Å². The van der Waals surface area contributed by atoms with Crippen LogP contribution in [0.25, 0.3) is 0 Å². The molecule has 0 saturated heterocycles. The average Bonchev–Trinajstić information content (AvgIpc) is 3.04. The van der Waals surface area contributed by atoms with Gasteiger partial charge in [-0.05, 0) is 18.9 Å². The van der Waals surface area contributed by atoms with Crippen LogP contribution in [0.2, 0.25) is 0 Å². The number of carbonyl (C=O) groups excluding carboxylic acids is 2. The quantitative estimate of drug-likeness (QED) is 0.804. The molecule has 1 N–H and O–H groups in total. The first kappa shape index (κ1) is 14.4. The lowest BCUT2D eigenvalue weighted by Gasteiger charge is -2.22. The van der Waals surface area contributed by atoms with E-state index < -0.39 is 0 Å². The van der Waals surface area contributed by atoms with Gasteiger partial charge in [0.15, 0.2) is 11.5 Å². The van der Waals surface area contributed by atoms with E-state index in [4.69, 9.17) is 4.42 Å². The second-order valence-corrected chi connectivity index (χ2v) is 6.38. The third-order valence-corrected chi connectivity index (χ3v) is 4.82. The summed E-state index contributed by atoms with van der Waals surface area (Å²) in [7, 11) is 0. The lowest BCUT2D eigenvalue weighted by atomic mass is 9.88. The molecule has 4 rings (SSSR count).